The van der Waals surface area contributed by atoms with Crippen LogP contribution >= 0.6 is 0 Å². The maximum absolute atomic E-state index is 13.5. The number of aryl methyl sites for hydroxylation is 1. The minimum Gasteiger partial charge on any atom is -0.478 e. The van der Waals surface area contributed by atoms with Crippen LogP contribution in [0.15, 0.2) is 66.7 Å². The molecule has 0 aliphatic carbocycles. The molecule has 0 aliphatic heterocycles. The van der Waals surface area contributed by atoms with Crippen molar-refractivity contribution in [1.82, 2.24) is 4.57 Å². The van der Waals surface area contributed by atoms with Gasteiger partial charge < -0.3 is 15.0 Å². The zero-order valence-corrected chi connectivity index (χ0v) is 17.6. The Kier molecular flexibility index (Phi) is 5.59. The third-order valence-corrected chi connectivity index (χ3v) is 5.45. The zero-order chi connectivity index (χ0) is 24.6. The van der Waals surface area contributed by atoms with E-state index < -0.39 is 23.6 Å². The SMILES string of the molecule is Cn1c(C(=O)Nc2ccc(C#N)cc2C(=O)O)cc2ccc(-c3ccccc3C(F)(F)F)cc21. The summed E-state index contributed by atoms with van der Waals surface area (Å²) < 4.78 is 41.9. The number of fused-ring (bicyclic) bond motifs is 1. The summed E-state index contributed by atoms with van der Waals surface area (Å²) in [6, 6.07) is 17.3. The first-order valence-corrected chi connectivity index (χ1v) is 9.95. The van der Waals surface area contributed by atoms with Crippen LogP contribution in [0.3, 0.4) is 0 Å². The lowest BCUT2D eigenvalue weighted by atomic mass is 9.98. The Bertz CT molecular complexity index is 1500. The number of amides is 1. The molecule has 3 aromatic carbocycles. The topological polar surface area (TPSA) is 95.1 Å². The van der Waals surface area contributed by atoms with E-state index >= 15 is 0 Å². The van der Waals surface area contributed by atoms with Gasteiger partial charge in [0.25, 0.3) is 5.91 Å². The zero-order valence-electron chi connectivity index (χ0n) is 17.6. The largest absolute Gasteiger partial charge is 0.478 e. The van der Waals surface area contributed by atoms with Crippen molar-refractivity contribution < 1.29 is 27.9 Å². The van der Waals surface area contributed by atoms with Crippen LogP contribution in [0.1, 0.15) is 32.0 Å². The van der Waals surface area contributed by atoms with Gasteiger partial charge in [-0.25, -0.2) is 4.79 Å². The number of carbonyl (C=O) groups excluding carboxylic acids is 1. The summed E-state index contributed by atoms with van der Waals surface area (Å²) in [6.45, 7) is 0. The number of nitrogens with zero attached hydrogens (tertiary/aromatic N) is 2. The van der Waals surface area contributed by atoms with Gasteiger partial charge in [0.1, 0.15) is 5.69 Å². The van der Waals surface area contributed by atoms with Gasteiger partial charge in [0, 0.05) is 18.0 Å². The monoisotopic (exact) mass is 463 g/mol. The third-order valence-electron chi connectivity index (χ3n) is 5.45. The Morgan fingerprint density at radius 2 is 1.76 bits per heavy atom. The Balaban J connectivity index is 1.73. The average Bonchev–Trinajstić information content (AvgIpc) is 3.14. The smallest absolute Gasteiger partial charge is 0.417 e. The van der Waals surface area contributed by atoms with Crippen LogP contribution in [0.25, 0.3) is 22.0 Å². The van der Waals surface area contributed by atoms with Crippen molar-refractivity contribution in [2.45, 2.75) is 6.18 Å². The van der Waals surface area contributed by atoms with Crippen LogP contribution < -0.4 is 5.32 Å². The lowest BCUT2D eigenvalue weighted by Crippen LogP contribution is -2.17. The van der Waals surface area contributed by atoms with Gasteiger partial charge in [-0.3, -0.25) is 4.79 Å². The number of carboxylic acids is 1. The van der Waals surface area contributed by atoms with Crippen LogP contribution in [0.5, 0.6) is 0 Å². The van der Waals surface area contributed by atoms with Crippen molar-refractivity contribution in [2.24, 2.45) is 7.05 Å². The summed E-state index contributed by atoms with van der Waals surface area (Å²) >= 11 is 0. The fourth-order valence-electron chi connectivity index (χ4n) is 3.78. The highest BCUT2D eigenvalue weighted by Crippen LogP contribution is 2.38. The quantitative estimate of drug-likeness (QED) is 0.407. The maximum Gasteiger partial charge on any atom is 0.417 e. The second-order valence-electron chi connectivity index (χ2n) is 7.54. The molecule has 1 amide bonds. The highest BCUT2D eigenvalue weighted by atomic mass is 19.4. The van der Waals surface area contributed by atoms with Gasteiger partial charge in [0.05, 0.1) is 28.4 Å². The minimum absolute atomic E-state index is 0.0153. The number of benzene rings is 3. The fourth-order valence-corrected chi connectivity index (χ4v) is 3.78. The minimum atomic E-state index is -4.52. The Morgan fingerprint density at radius 1 is 1.03 bits per heavy atom. The molecule has 0 bridgehead atoms. The number of alkyl halides is 3. The molecule has 4 aromatic rings. The van der Waals surface area contributed by atoms with Crippen molar-refractivity contribution in [2.75, 3.05) is 5.32 Å². The van der Waals surface area contributed by atoms with Gasteiger partial charge in [-0.1, -0.05) is 30.3 Å². The first-order valence-electron chi connectivity index (χ1n) is 9.95. The van der Waals surface area contributed by atoms with E-state index in [0.29, 0.717) is 16.5 Å². The number of carboxylic acid groups (broad SMARTS) is 1. The average molecular weight is 463 g/mol. The molecule has 0 saturated heterocycles. The molecule has 6 nitrogen and oxygen atoms in total. The second kappa shape index (κ2) is 8.41. The molecule has 0 fully saturated rings. The van der Waals surface area contributed by atoms with Gasteiger partial charge in [0.15, 0.2) is 0 Å². The van der Waals surface area contributed by atoms with E-state index in [0.717, 1.165) is 12.1 Å². The number of halogens is 3. The van der Waals surface area contributed by atoms with E-state index in [2.05, 4.69) is 5.32 Å². The lowest BCUT2D eigenvalue weighted by molar-refractivity contribution is -0.137. The van der Waals surface area contributed by atoms with Gasteiger partial charge in [-0.05, 0) is 47.5 Å². The van der Waals surface area contributed by atoms with Crippen LogP contribution in [0.4, 0.5) is 18.9 Å². The first kappa shape index (κ1) is 22.6. The number of nitrogens with one attached hydrogen (secondary N) is 1. The van der Waals surface area contributed by atoms with E-state index in [1.54, 1.807) is 31.3 Å². The predicted octanol–water partition coefficient (Wildman–Crippen LogP) is 5.69. The summed E-state index contributed by atoms with van der Waals surface area (Å²) in [5.74, 6) is -1.92. The number of rotatable bonds is 4. The van der Waals surface area contributed by atoms with Gasteiger partial charge >= 0.3 is 12.1 Å². The number of nitriles is 1. The van der Waals surface area contributed by atoms with Crippen LogP contribution in [0.2, 0.25) is 0 Å². The highest BCUT2D eigenvalue weighted by molar-refractivity contribution is 6.09. The van der Waals surface area contributed by atoms with Crippen molar-refractivity contribution in [3.63, 3.8) is 0 Å². The van der Waals surface area contributed by atoms with Crippen molar-refractivity contribution >= 4 is 28.5 Å². The first-order chi connectivity index (χ1) is 16.1. The van der Waals surface area contributed by atoms with Gasteiger partial charge in [-0.15, -0.1) is 0 Å². The number of carbonyl (C=O) groups is 2. The molecule has 34 heavy (non-hydrogen) atoms. The number of anilines is 1. The molecule has 2 N–H and O–H groups in total. The Hall–Kier alpha value is -4.58. The fraction of sp³-hybridized carbons (Fsp3) is 0.0800. The molecule has 0 aliphatic rings. The second-order valence-corrected chi connectivity index (χ2v) is 7.54. The van der Waals surface area contributed by atoms with Crippen LogP contribution in [-0.4, -0.2) is 21.6 Å². The Labute approximate surface area is 191 Å². The summed E-state index contributed by atoms with van der Waals surface area (Å²) in [4.78, 5) is 24.5. The van der Waals surface area contributed by atoms with Gasteiger partial charge in [0.2, 0.25) is 0 Å². The molecule has 0 saturated carbocycles. The third kappa shape index (κ3) is 4.09. The summed E-state index contributed by atoms with van der Waals surface area (Å²) in [6.07, 6.45) is -4.52. The molecule has 0 radical (unpaired) electrons. The molecule has 0 spiro atoms. The standard InChI is InChI=1S/C25H16F3N3O3/c1-31-21-11-15(17-4-2-3-5-19(17)25(26,27)28)7-8-16(21)12-22(31)23(32)30-20-9-6-14(13-29)10-18(20)24(33)34/h2-12H,1H3,(H,30,32)(H,33,34). The predicted molar refractivity (Wildman–Crippen MR) is 119 cm³/mol. The highest BCUT2D eigenvalue weighted by Gasteiger charge is 2.33. The maximum atomic E-state index is 13.5. The molecule has 9 heteroatoms. The molecule has 1 aromatic heterocycles. The number of aromatic carboxylic acids is 1. The van der Waals surface area contributed by atoms with Gasteiger partial charge in [-0.2, -0.15) is 18.4 Å². The molecular weight excluding hydrogens is 447 g/mol. The molecule has 4 rings (SSSR count). The molecule has 0 atom stereocenters. The summed E-state index contributed by atoms with van der Waals surface area (Å²) in [5.41, 5.74) is 0.213. The number of hydrogen-bond acceptors (Lipinski definition) is 3. The molecule has 170 valence electrons. The summed E-state index contributed by atoms with van der Waals surface area (Å²) in [7, 11) is 1.59. The van der Waals surface area contributed by atoms with Crippen LogP contribution in [0, 0.1) is 11.3 Å². The van der Waals surface area contributed by atoms with E-state index in [9.17, 15) is 27.9 Å². The number of aromatic nitrogens is 1. The van der Waals surface area contributed by atoms with E-state index in [1.165, 1.54) is 34.9 Å². The van der Waals surface area contributed by atoms with Crippen molar-refractivity contribution in [3.05, 3.63) is 89.1 Å². The lowest BCUT2D eigenvalue weighted by Gasteiger charge is -2.13. The normalized spacial score (nSPS) is 11.3. The molecule has 1 heterocycles. The van der Waals surface area contributed by atoms with Crippen LogP contribution in [-0.2, 0) is 13.2 Å². The summed E-state index contributed by atoms with van der Waals surface area (Å²) in [5, 5.41) is 21.6. The number of hydrogen-bond donors (Lipinski definition) is 2. The van der Waals surface area contributed by atoms with E-state index in [-0.39, 0.29) is 28.1 Å². The van der Waals surface area contributed by atoms with E-state index in [1.807, 2.05) is 6.07 Å². The van der Waals surface area contributed by atoms with Crippen molar-refractivity contribution in [3.8, 4) is 17.2 Å². The Morgan fingerprint density at radius 3 is 2.44 bits per heavy atom. The molecule has 0 unspecified atom stereocenters. The van der Waals surface area contributed by atoms with E-state index in [4.69, 9.17) is 5.26 Å². The van der Waals surface area contributed by atoms with Crippen molar-refractivity contribution in [1.29, 1.82) is 5.26 Å². The molecular formula is C25H16F3N3O3.